The van der Waals surface area contributed by atoms with E-state index in [9.17, 15) is 0 Å². The molecule has 1 saturated heterocycles. The van der Waals surface area contributed by atoms with Gasteiger partial charge in [0.1, 0.15) is 0 Å². The molecular weight excluding hydrogens is 234 g/mol. The Morgan fingerprint density at radius 1 is 1.16 bits per heavy atom. The summed E-state index contributed by atoms with van der Waals surface area (Å²) in [5.74, 6) is 0.751. The molecule has 0 saturated carbocycles. The molecule has 1 aliphatic rings. The smallest absolute Gasteiger partial charge is 0.0469 e. The van der Waals surface area contributed by atoms with E-state index in [1.807, 2.05) is 0 Å². The fourth-order valence-corrected chi connectivity index (χ4v) is 3.06. The van der Waals surface area contributed by atoms with E-state index in [1.165, 1.54) is 29.5 Å². The largest absolute Gasteiger partial charge is 0.381 e. The van der Waals surface area contributed by atoms with Crippen LogP contribution in [0.15, 0.2) is 18.2 Å². The first kappa shape index (κ1) is 14.5. The molecule has 1 aromatic carbocycles. The number of nitrogens with one attached hydrogen (secondary N) is 1. The van der Waals surface area contributed by atoms with Crippen LogP contribution in [0.4, 0.5) is 0 Å². The topological polar surface area (TPSA) is 21.3 Å². The van der Waals surface area contributed by atoms with Crippen molar-refractivity contribution in [2.45, 2.75) is 52.6 Å². The lowest BCUT2D eigenvalue weighted by atomic mass is 9.91. The molecule has 2 heteroatoms. The van der Waals surface area contributed by atoms with Gasteiger partial charge in [0.25, 0.3) is 0 Å². The van der Waals surface area contributed by atoms with Gasteiger partial charge in [-0.1, -0.05) is 23.8 Å². The lowest BCUT2D eigenvalue weighted by molar-refractivity contribution is 0.0547. The summed E-state index contributed by atoms with van der Waals surface area (Å²) in [5.41, 5.74) is 4.15. The highest BCUT2D eigenvalue weighted by molar-refractivity contribution is 5.32. The number of hydrogen-bond donors (Lipinski definition) is 1. The van der Waals surface area contributed by atoms with Crippen LogP contribution in [0.5, 0.6) is 0 Å². The standard InChI is InChI=1S/C17H27NO/c1-12-5-6-13(2)17(11-12)15(4)18-14(3)16-7-9-19-10-8-16/h5-6,11,14-16,18H,7-10H2,1-4H3. The van der Waals surface area contributed by atoms with Gasteiger partial charge in [-0.2, -0.15) is 0 Å². The van der Waals surface area contributed by atoms with Crippen LogP contribution >= 0.6 is 0 Å². The van der Waals surface area contributed by atoms with Crippen LogP contribution in [0.2, 0.25) is 0 Å². The van der Waals surface area contributed by atoms with Gasteiger partial charge in [-0.05, 0) is 57.6 Å². The molecule has 2 unspecified atom stereocenters. The zero-order valence-electron chi connectivity index (χ0n) is 12.7. The second-order valence-electron chi connectivity index (χ2n) is 5.99. The van der Waals surface area contributed by atoms with E-state index < -0.39 is 0 Å². The quantitative estimate of drug-likeness (QED) is 0.891. The van der Waals surface area contributed by atoms with Crippen molar-refractivity contribution in [3.05, 3.63) is 34.9 Å². The first-order valence-corrected chi connectivity index (χ1v) is 7.49. The molecule has 0 aliphatic carbocycles. The molecular formula is C17H27NO. The molecule has 1 heterocycles. The van der Waals surface area contributed by atoms with Crippen molar-refractivity contribution in [1.82, 2.24) is 5.32 Å². The van der Waals surface area contributed by atoms with Gasteiger partial charge in [-0.3, -0.25) is 0 Å². The van der Waals surface area contributed by atoms with Crippen molar-refractivity contribution in [2.24, 2.45) is 5.92 Å². The maximum Gasteiger partial charge on any atom is 0.0469 e. The number of aryl methyl sites for hydroxylation is 2. The van der Waals surface area contributed by atoms with E-state index in [2.05, 4.69) is 51.2 Å². The molecule has 1 aromatic rings. The lowest BCUT2D eigenvalue weighted by Crippen LogP contribution is -2.38. The van der Waals surface area contributed by atoms with Gasteiger partial charge in [0.05, 0.1) is 0 Å². The minimum Gasteiger partial charge on any atom is -0.381 e. The molecule has 1 N–H and O–H groups in total. The van der Waals surface area contributed by atoms with E-state index in [0.717, 1.165) is 19.1 Å². The zero-order chi connectivity index (χ0) is 13.8. The predicted octanol–water partition coefficient (Wildman–Crippen LogP) is 3.77. The van der Waals surface area contributed by atoms with Gasteiger partial charge < -0.3 is 10.1 Å². The Morgan fingerprint density at radius 3 is 2.53 bits per heavy atom. The number of hydrogen-bond acceptors (Lipinski definition) is 2. The van der Waals surface area contributed by atoms with Crippen molar-refractivity contribution >= 4 is 0 Å². The fourth-order valence-electron chi connectivity index (χ4n) is 3.06. The van der Waals surface area contributed by atoms with Crippen molar-refractivity contribution < 1.29 is 4.74 Å². The van der Waals surface area contributed by atoms with Crippen molar-refractivity contribution in [3.63, 3.8) is 0 Å². The summed E-state index contributed by atoms with van der Waals surface area (Å²) in [6, 6.07) is 7.69. The van der Waals surface area contributed by atoms with Crippen LogP contribution in [-0.4, -0.2) is 19.3 Å². The van der Waals surface area contributed by atoms with Gasteiger partial charge >= 0.3 is 0 Å². The van der Waals surface area contributed by atoms with E-state index in [4.69, 9.17) is 4.74 Å². The SMILES string of the molecule is Cc1ccc(C)c(C(C)NC(C)C2CCOCC2)c1. The Hall–Kier alpha value is -0.860. The maximum atomic E-state index is 5.45. The van der Waals surface area contributed by atoms with Gasteiger partial charge in [0.2, 0.25) is 0 Å². The Balaban J connectivity index is 1.99. The third kappa shape index (κ3) is 3.80. The highest BCUT2D eigenvalue weighted by Gasteiger charge is 2.22. The molecule has 106 valence electrons. The van der Waals surface area contributed by atoms with Crippen molar-refractivity contribution in [3.8, 4) is 0 Å². The van der Waals surface area contributed by atoms with E-state index >= 15 is 0 Å². The van der Waals surface area contributed by atoms with Crippen LogP contribution in [0.1, 0.15) is 49.4 Å². The Bertz CT molecular complexity index is 410. The highest BCUT2D eigenvalue weighted by atomic mass is 16.5. The number of benzene rings is 1. The third-order valence-electron chi connectivity index (χ3n) is 4.39. The number of rotatable bonds is 4. The average molecular weight is 261 g/mol. The summed E-state index contributed by atoms with van der Waals surface area (Å²) in [6.45, 7) is 10.8. The molecule has 0 spiro atoms. The minimum atomic E-state index is 0.415. The lowest BCUT2D eigenvalue weighted by Gasteiger charge is -2.31. The first-order valence-electron chi connectivity index (χ1n) is 7.49. The van der Waals surface area contributed by atoms with Crippen LogP contribution < -0.4 is 5.32 Å². The monoisotopic (exact) mass is 261 g/mol. The Morgan fingerprint density at radius 2 is 1.84 bits per heavy atom. The normalized spacial score (nSPS) is 20.2. The Kier molecular flexibility index (Phi) is 5.00. The summed E-state index contributed by atoms with van der Waals surface area (Å²) in [7, 11) is 0. The molecule has 1 aliphatic heterocycles. The molecule has 1 fully saturated rings. The first-order chi connectivity index (χ1) is 9.08. The summed E-state index contributed by atoms with van der Waals surface area (Å²) < 4.78 is 5.45. The minimum absolute atomic E-state index is 0.415. The zero-order valence-corrected chi connectivity index (χ0v) is 12.7. The molecule has 2 atom stereocenters. The predicted molar refractivity (Wildman–Crippen MR) is 80.5 cm³/mol. The molecule has 2 rings (SSSR count). The second-order valence-corrected chi connectivity index (χ2v) is 5.99. The molecule has 0 bridgehead atoms. The van der Waals surface area contributed by atoms with Gasteiger partial charge in [-0.15, -0.1) is 0 Å². The Labute approximate surface area is 117 Å². The highest BCUT2D eigenvalue weighted by Crippen LogP contribution is 2.23. The van der Waals surface area contributed by atoms with Crippen molar-refractivity contribution in [1.29, 1.82) is 0 Å². The number of ether oxygens (including phenoxy) is 1. The molecule has 0 amide bonds. The van der Waals surface area contributed by atoms with Crippen LogP contribution in [-0.2, 0) is 4.74 Å². The van der Waals surface area contributed by atoms with E-state index in [0.29, 0.717) is 12.1 Å². The van der Waals surface area contributed by atoms with Gasteiger partial charge in [0, 0.05) is 25.3 Å². The molecule has 2 nitrogen and oxygen atoms in total. The van der Waals surface area contributed by atoms with E-state index in [-0.39, 0.29) is 0 Å². The second kappa shape index (κ2) is 6.53. The summed E-state index contributed by atoms with van der Waals surface area (Å²) in [5, 5.41) is 3.78. The average Bonchev–Trinajstić information content (AvgIpc) is 2.42. The van der Waals surface area contributed by atoms with Gasteiger partial charge in [-0.25, -0.2) is 0 Å². The van der Waals surface area contributed by atoms with Crippen LogP contribution in [0.25, 0.3) is 0 Å². The maximum absolute atomic E-state index is 5.45. The fraction of sp³-hybridized carbons (Fsp3) is 0.647. The summed E-state index contributed by atoms with van der Waals surface area (Å²) in [4.78, 5) is 0. The molecule has 19 heavy (non-hydrogen) atoms. The van der Waals surface area contributed by atoms with Crippen LogP contribution in [0, 0.1) is 19.8 Å². The summed E-state index contributed by atoms with van der Waals surface area (Å²) >= 11 is 0. The summed E-state index contributed by atoms with van der Waals surface area (Å²) in [6.07, 6.45) is 2.38. The van der Waals surface area contributed by atoms with Crippen LogP contribution in [0.3, 0.4) is 0 Å². The van der Waals surface area contributed by atoms with E-state index in [1.54, 1.807) is 0 Å². The third-order valence-corrected chi connectivity index (χ3v) is 4.39. The van der Waals surface area contributed by atoms with Crippen molar-refractivity contribution in [2.75, 3.05) is 13.2 Å². The van der Waals surface area contributed by atoms with Gasteiger partial charge in [0.15, 0.2) is 0 Å². The molecule has 0 radical (unpaired) electrons. The molecule has 0 aromatic heterocycles.